The van der Waals surface area contributed by atoms with Crippen molar-refractivity contribution in [3.05, 3.63) is 24.3 Å². The smallest absolute Gasteiger partial charge is 0.180 e. The first kappa shape index (κ1) is 16.8. The summed E-state index contributed by atoms with van der Waals surface area (Å²) in [5.74, 6) is 0.216. The van der Waals surface area contributed by atoms with Crippen LogP contribution in [-0.4, -0.2) is 57.1 Å². The fourth-order valence-corrected chi connectivity index (χ4v) is 4.75. The van der Waals surface area contributed by atoms with Gasteiger partial charge in [-0.05, 0) is 18.6 Å². The molecule has 0 radical (unpaired) electrons. The lowest BCUT2D eigenvalue weighted by atomic mass is 10.2. The summed E-state index contributed by atoms with van der Waals surface area (Å²) in [7, 11) is -3.18. The van der Waals surface area contributed by atoms with E-state index in [1.54, 1.807) is 6.07 Å². The molecule has 1 fully saturated rings. The molecule has 1 aliphatic heterocycles. The zero-order chi connectivity index (χ0) is 15.3. The number of halogens is 1. The Bertz CT molecular complexity index is 555. The van der Waals surface area contributed by atoms with Gasteiger partial charge in [-0.1, -0.05) is 35.0 Å². The standard InChI is InChI=1S/C15H23BrN2O2S/c1-2-13-21(19,20)15-6-4-3-5-14(15)18-11-9-17(8-7-16)10-12-18/h3-6H,2,7-13H2,1H3. The maximum Gasteiger partial charge on any atom is 0.180 e. The monoisotopic (exact) mass is 374 g/mol. The molecule has 21 heavy (non-hydrogen) atoms. The minimum absolute atomic E-state index is 0.216. The summed E-state index contributed by atoms with van der Waals surface area (Å²) in [6, 6.07) is 7.41. The van der Waals surface area contributed by atoms with E-state index in [9.17, 15) is 8.42 Å². The molecule has 0 unspecified atom stereocenters. The van der Waals surface area contributed by atoms with Gasteiger partial charge >= 0.3 is 0 Å². The average Bonchev–Trinajstić information content (AvgIpc) is 2.48. The van der Waals surface area contributed by atoms with Crippen LogP contribution >= 0.6 is 15.9 Å². The molecule has 118 valence electrons. The van der Waals surface area contributed by atoms with Crippen LogP contribution in [0.1, 0.15) is 13.3 Å². The largest absolute Gasteiger partial charge is 0.368 e. The van der Waals surface area contributed by atoms with Crippen molar-refractivity contribution in [1.29, 1.82) is 0 Å². The average molecular weight is 375 g/mol. The van der Waals surface area contributed by atoms with Crippen molar-refractivity contribution in [1.82, 2.24) is 4.90 Å². The number of alkyl halides is 1. The predicted octanol–water partition coefficient (Wildman–Crippen LogP) is 2.39. The highest BCUT2D eigenvalue weighted by atomic mass is 79.9. The van der Waals surface area contributed by atoms with Gasteiger partial charge in [0.2, 0.25) is 0 Å². The molecule has 0 spiro atoms. The normalized spacial score (nSPS) is 17.1. The van der Waals surface area contributed by atoms with Crippen LogP contribution in [0.4, 0.5) is 5.69 Å². The van der Waals surface area contributed by atoms with E-state index in [2.05, 4.69) is 25.7 Å². The zero-order valence-electron chi connectivity index (χ0n) is 12.5. The molecular formula is C15H23BrN2O2S. The van der Waals surface area contributed by atoms with E-state index in [1.807, 2.05) is 25.1 Å². The van der Waals surface area contributed by atoms with Gasteiger partial charge in [0.25, 0.3) is 0 Å². The van der Waals surface area contributed by atoms with Crippen LogP contribution in [0.25, 0.3) is 0 Å². The zero-order valence-corrected chi connectivity index (χ0v) is 14.9. The summed E-state index contributed by atoms with van der Waals surface area (Å²) >= 11 is 3.47. The molecule has 0 N–H and O–H groups in total. The number of hydrogen-bond acceptors (Lipinski definition) is 4. The van der Waals surface area contributed by atoms with Gasteiger partial charge in [-0.3, -0.25) is 4.90 Å². The molecule has 1 aliphatic rings. The second-order valence-corrected chi connectivity index (χ2v) is 8.17. The number of piperazine rings is 1. The van der Waals surface area contributed by atoms with Crippen molar-refractivity contribution < 1.29 is 8.42 Å². The molecule has 0 atom stereocenters. The number of benzene rings is 1. The third-order valence-corrected chi connectivity index (χ3v) is 6.10. The highest BCUT2D eigenvalue weighted by Gasteiger charge is 2.23. The van der Waals surface area contributed by atoms with Crippen molar-refractivity contribution in [2.24, 2.45) is 0 Å². The Kier molecular flexibility index (Phi) is 6.08. The van der Waals surface area contributed by atoms with Crippen LogP contribution in [-0.2, 0) is 9.84 Å². The minimum atomic E-state index is -3.18. The van der Waals surface area contributed by atoms with Crippen LogP contribution in [0.5, 0.6) is 0 Å². The molecule has 0 amide bonds. The van der Waals surface area contributed by atoms with Crippen molar-refractivity contribution in [2.75, 3.05) is 48.7 Å². The topological polar surface area (TPSA) is 40.6 Å². The van der Waals surface area contributed by atoms with E-state index in [4.69, 9.17) is 0 Å². The van der Waals surface area contributed by atoms with Crippen molar-refractivity contribution in [3.8, 4) is 0 Å². The second-order valence-electron chi connectivity index (χ2n) is 5.30. The number of anilines is 1. The van der Waals surface area contributed by atoms with E-state index in [0.29, 0.717) is 11.3 Å². The molecule has 1 saturated heterocycles. The molecule has 0 aliphatic carbocycles. The Morgan fingerprint density at radius 2 is 1.81 bits per heavy atom. The summed E-state index contributed by atoms with van der Waals surface area (Å²) in [5, 5.41) is 0.981. The van der Waals surface area contributed by atoms with Crippen LogP contribution in [0, 0.1) is 0 Å². The molecule has 6 heteroatoms. The summed E-state index contributed by atoms with van der Waals surface area (Å²) in [4.78, 5) is 5.09. The lowest BCUT2D eigenvalue weighted by Crippen LogP contribution is -2.47. The highest BCUT2D eigenvalue weighted by molar-refractivity contribution is 9.09. The van der Waals surface area contributed by atoms with Crippen molar-refractivity contribution in [3.63, 3.8) is 0 Å². The maximum absolute atomic E-state index is 12.4. The first-order valence-corrected chi connectivity index (χ1v) is 10.2. The lowest BCUT2D eigenvalue weighted by molar-refractivity contribution is 0.273. The molecule has 2 rings (SSSR count). The molecule has 0 bridgehead atoms. The first-order chi connectivity index (χ1) is 10.1. The Balaban J connectivity index is 2.18. The van der Waals surface area contributed by atoms with E-state index < -0.39 is 9.84 Å². The lowest BCUT2D eigenvalue weighted by Gasteiger charge is -2.36. The van der Waals surface area contributed by atoms with Gasteiger partial charge in [-0.2, -0.15) is 0 Å². The molecule has 0 aromatic heterocycles. The van der Waals surface area contributed by atoms with Gasteiger partial charge < -0.3 is 4.90 Å². The predicted molar refractivity (Wildman–Crippen MR) is 91.2 cm³/mol. The fraction of sp³-hybridized carbons (Fsp3) is 0.600. The van der Waals surface area contributed by atoms with E-state index >= 15 is 0 Å². The molecule has 0 saturated carbocycles. The number of nitrogens with zero attached hydrogens (tertiary/aromatic N) is 2. The van der Waals surface area contributed by atoms with Crippen LogP contribution < -0.4 is 4.90 Å². The number of rotatable bonds is 6. The van der Waals surface area contributed by atoms with Gasteiger partial charge in [-0.25, -0.2) is 8.42 Å². The SMILES string of the molecule is CCCS(=O)(=O)c1ccccc1N1CCN(CCBr)CC1. The van der Waals surface area contributed by atoms with E-state index in [0.717, 1.165) is 43.7 Å². The molecule has 1 heterocycles. The summed E-state index contributed by atoms with van der Waals surface area (Å²) in [5.41, 5.74) is 0.865. The first-order valence-electron chi connectivity index (χ1n) is 7.43. The second kappa shape index (κ2) is 7.61. The number of para-hydroxylation sites is 1. The Morgan fingerprint density at radius 3 is 2.43 bits per heavy atom. The summed E-state index contributed by atoms with van der Waals surface area (Å²) in [6.45, 7) is 6.67. The van der Waals surface area contributed by atoms with Gasteiger partial charge in [0, 0.05) is 38.1 Å². The number of sulfone groups is 1. The summed E-state index contributed by atoms with van der Waals surface area (Å²) in [6.07, 6.45) is 0.649. The van der Waals surface area contributed by atoms with Gasteiger partial charge in [-0.15, -0.1) is 0 Å². The highest BCUT2D eigenvalue weighted by Crippen LogP contribution is 2.27. The molecule has 1 aromatic rings. The van der Waals surface area contributed by atoms with Crippen molar-refractivity contribution in [2.45, 2.75) is 18.2 Å². The van der Waals surface area contributed by atoms with Gasteiger partial charge in [0.15, 0.2) is 9.84 Å². The van der Waals surface area contributed by atoms with Crippen LogP contribution in [0.3, 0.4) is 0 Å². The Morgan fingerprint density at radius 1 is 1.14 bits per heavy atom. The van der Waals surface area contributed by atoms with E-state index in [-0.39, 0.29) is 5.75 Å². The summed E-state index contributed by atoms with van der Waals surface area (Å²) < 4.78 is 24.8. The van der Waals surface area contributed by atoms with E-state index in [1.165, 1.54) is 0 Å². The fourth-order valence-electron chi connectivity index (χ4n) is 2.69. The Hall–Kier alpha value is -0.590. The maximum atomic E-state index is 12.4. The molecule has 4 nitrogen and oxygen atoms in total. The van der Waals surface area contributed by atoms with Crippen molar-refractivity contribution >= 4 is 31.5 Å². The minimum Gasteiger partial charge on any atom is -0.368 e. The number of hydrogen-bond donors (Lipinski definition) is 0. The molecule has 1 aromatic carbocycles. The Labute approximate surface area is 136 Å². The third-order valence-electron chi connectivity index (χ3n) is 3.79. The molecular weight excluding hydrogens is 352 g/mol. The van der Waals surface area contributed by atoms with Gasteiger partial charge in [0.05, 0.1) is 16.3 Å². The van der Waals surface area contributed by atoms with Gasteiger partial charge in [0.1, 0.15) is 0 Å². The third kappa shape index (κ3) is 4.20. The quantitative estimate of drug-likeness (QED) is 0.716. The van der Waals surface area contributed by atoms with Crippen LogP contribution in [0.15, 0.2) is 29.2 Å². The van der Waals surface area contributed by atoms with Crippen LogP contribution in [0.2, 0.25) is 0 Å².